The maximum atomic E-state index is 10.3. The maximum Gasteiger partial charge on any atom is 0.111 e. The first-order valence-corrected chi connectivity index (χ1v) is 2.36. The molecule has 0 rings (SSSR count). The molecule has 0 aromatic rings. The Hall–Kier alpha value is 0.250. The average molecular weight is 108 g/mol. The third-order valence-electron chi connectivity index (χ3n) is 0.322. The van der Waals surface area contributed by atoms with Crippen LogP contribution in [0, 0.1) is 0 Å². The summed E-state index contributed by atoms with van der Waals surface area (Å²) in [6.07, 6.45) is 0. The van der Waals surface area contributed by atoms with Crippen molar-refractivity contribution in [1.29, 1.82) is 0 Å². The molecule has 0 spiro atoms. The van der Waals surface area contributed by atoms with Crippen molar-refractivity contribution in [2.75, 3.05) is 5.88 Å². The van der Waals surface area contributed by atoms with Crippen molar-refractivity contribution in [2.24, 2.45) is 0 Å². The summed E-state index contributed by atoms with van der Waals surface area (Å²) in [6.45, 7) is 3.11. The van der Waals surface area contributed by atoms with Crippen LogP contribution in [0.25, 0.3) is 0 Å². The second-order valence-electron chi connectivity index (χ2n) is 1.89. The van der Waals surface area contributed by atoms with Crippen molar-refractivity contribution in [3.8, 4) is 0 Å². The SMILES string of the molecule is CC(C)([O])CCl. The highest BCUT2D eigenvalue weighted by atomic mass is 35.5. The molecule has 0 aromatic heterocycles. The molecular weight excluding hydrogens is 99.5 g/mol. The molecule has 1 nitrogen and oxygen atoms in total. The van der Waals surface area contributed by atoms with Gasteiger partial charge in [0.05, 0.1) is 5.88 Å². The largest absolute Gasteiger partial charge is 0.229 e. The zero-order valence-electron chi connectivity index (χ0n) is 3.99. The van der Waals surface area contributed by atoms with E-state index in [4.69, 9.17) is 11.6 Å². The third kappa shape index (κ3) is 4.25. The third-order valence-corrected chi connectivity index (χ3v) is 0.965. The van der Waals surface area contributed by atoms with E-state index in [1.165, 1.54) is 0 Å². The van der Waals surface area contributed by atoms with Crippen molar-refractivity contribution in [3.63, 3.8) is 0 Å². The lowest BCUT2D eigenvalue weighted by atomic mass is 10.2. The van der Waals surface area contributed by atoms with Crippen LogP contribution in [-0.2, 0) is 5.11 Å². The molecule has 6 heavy (non-hydrogen) atoms. The van der Waals surface area contributed by atoms with E-state index in [1.54, 1.807) is 13.8 Å². The number of hydrogen-bond donors (Lipinski definition) is 0. The molecule has 0 N–H and O–H groups in total. The molecule has 0 saturated heterocycles. The highest BCUT2D eigenvalue weighted by Crippen LogP contribution is 2.02. The predicted molar refractivity (Wildman–Crippen MR) is 25.5 cm³/mol. The lowest BCUT2D eigenvalue weighted by Crippen LogP contribution is -2.17. The first-order valence-electron chi connectivity index (χ1n) is 1.82. The van der Waals surface area contributed by atoms with Gasteiger partial charge in [-0.05, 0) is 13.8 Å². The van der Waals surface area contributed by atoms with Crippen LogP contribution in [0.2, 0.25) is 0 Å². The summed E-state index contributed by atoms with van der Waals surface area (Å²) < 4.78 is 0. The van der Waals surface area contributed by atoms with Crippen molar-refractivity contribution in [3.05, 3.63) is 0 Å². The quantitative estimate of drug-likeness (QED) is 0.452. The van der Waals surface area contributed by atoms with Gasteiger partial charge in [-0.2, -0.15) is 0 Å². The molecule has 0 aliphatic rings. The van der Waals surface area contributed by atoms with Crippen LogP contribution in [0.5, 0.6) is 0 Å². The number of rotatable bonds is 1. The zero-order valence-corrected chi connectivity index (χ0v) is 4.75. The minimum absolute atomic E-state index is 0.188. The summed E-state index contributed by atoms with van der Waals surface area (Å²) in [5.74, 6) is 0.188. The molecule has 0 bridgehead atoms. The Bertz CT molecular complexity index is 37.3. The van der Waals surface area contributed by atoms with Gasteiger partial charge in [0.25, 0.3) is 0 Å². The summed E-state index contributed by atoms with van der Waals surface area (Å²) in [5, 5.41) is 10.3. The van der Waals surface area contributed by atoms with Gasteiger partial charge in [0.15, 0.2) is 0 Å². The van der Waals surface area contributed by atoms with Crippen LogP contribution in [-0.4, -0.2) is 11.5 Å². The first kappa shape index (κ1) is 6.25. The van der Waals surface area contributed by atoms with Gasteiger partial charge in [-0.1, -0.05) is 0 Å². The first-order chi connectivity index (χ1) is 2.56. The van der Waals surface area contributed by atoms with Gasteiger partial charge in [0.1, 0.15) is 5.60 Å². The molecular formula is C4H8ClO. The minimum Gasteiger partial charge on any atom is -0.229 e. The molecule has 37 valence electrons. The standard InChI is InChI=1S/C4H8ClO/c1-4(2,6)3-5/h3H2,1-2H3. The lowest BCUT2D eigenvalue weighted by molar-refractivity contribution is 0.0251. The van der Waals surface area contributed by atoms with Gasteiger partial charge >= 0.3 is 0 Å². The van der Waals surface area contributed by atoms with E-state index in [2.05, 4.69) is 0 Å². The fourth-order valence-electron chi connectivity index (χ4n) is 0. The zero-order chi connectivity index (χ0) is 5.21. The van der Waals surface area contributed by atoms with E-state index in [9.17, 15) is 5.11 Å². The maximum absolute atomic E-state index is 10.3. The number of hydrogen-bond acceptors (Lipinski definition) is 0. The highest BCUT2D eigenvalue weighted by Gasteiger charge is 2.10. The lowest BCUT2D eigenvalue weighted by Gasteiger charge is -2.05. The van der Waals surface area contributed by atoms with Crippen molar-refractivity contribution in [2.45, 2.75) is 19.4 Å². The minimum atomic E-state index is -0.943. The van der Waals surface area contributed by atoms with Crippen LogP contribution < -0.4 is 0 Å². The number of alkyl halides is 1. The molecule has 1 radical (unpaired) electrons. The normalized spacial score (nSPS) is 12.0. The van der Waals surface area contributed by atoms with Gasteiger partial charge in [-0.25, -0.2) is 5.11 Å². The summed E-state index contributed by atoms with van der Waals surface area (Å²) in [6, 6.07) is 0. The van der Waals surface area contributed by atoms with Crippen LogP contribution in [0.4, 0.5) is 0 Å². The van der Waals surface area contributed by atoms with Crippen molar-refractivity contribution in [1.82, 2.24) is 0 Å². The van der Waals surface area contributed by atoms with Gasteiger partial charge in [-0.3, -0.25) is 0 Å². The average Bonchev–Trinajstić information content (AvgIpc) is 1.35. The fraction of sp³-hybridized carbons (Fsp3) is 1.00. The Morgan fingerprint density at radius 2 is 1.83 bits per heavy atom. The van der Waals surface area contributed by atoms with Crippen molar-refractivity contribution < 1.29 is 5.11 Å². The number of halogens is 1. The summed E-state index contributed by atoms with van der Waals surface area (Å²) in [4.78, 5) is 0. The topological polar surface area (TPSA) is 19.9 Å². The molecule has 0 aliphatic carbocycles. The Morgan fingerprint density at radius 3 is 1.83 bits per heavy atom. The second kappa shape index (κ2) is 1.80. The van der Waals surface area contributed by atoms with E-state index in [0.717, 1.165) is 0 Å². The monoisotopic (exact) mass is 107 g/mol. The smallest absolute Gasteiger partial charge is 0.111 e. The molecule has 0 aliphatic heterocycles. The van der Waals surface area contributed by atoms with E-state index in [1.807, 2.05) is 0 Å². The Morgan fingerprint density at radius 1 is 1.67 bits per heavy atom. The molecule has 0 fully saturated rings. The van der Waals surface area contributed by atoms with Crippen LogP contribution in [0.3, 0.4) is 0 Å². The summed E-state index contributed by atoms with van der Waals surface area (Å²) in [7, 11) is 0. The van der Waals surface area contributed by atoms with Gasteiger partial charge in [0, 0.05) is 0 Å². The molecule has 0 heterocycles. The van der Waals surface area contributed by atoms with E-state index in [0.29, 0.717) is 0 Å². The Kier molecular flexibility index (Phi) is 1.88. The molecule has 0 amide bonds. The van der Waals surface area contributed by atoms with Gasteiger partial charge in [0.2, 0.25) is 0 Å². The van der Waals surface area contributed by atoms with Gasteiger partial charge in [-0.15, -0.1) is 11.6 Å². The molecule has 2 heteroatoms. The highest BCUT2D eigenvalue weighted by molar-refractivity contribution is 6.18. The molecule has 0 atom stereocenters. The predicted octanol–water partition coefficient (Wildman–Crippen LogP) is 1.43. The second-order valence-corrected chi connectivity index (χ2v) is 2.16. The van der Waals surface area contributed by atoms with Gasteiger partial charge < -0.3 is 0 Å². The fourth-order valence-corrected chi connectivity index (χ4v) is 0. The van der Waals surface area contributed by atoms with E-state index < -0.39 is 5.60 Å². The molecule has 0 unspecified atom stereocenters. The molecule has 0 aromatic carbocycles. The van der Waals surface area contributed by atoms with Crippen LogP contribution >= 0.6 is 11.6 Å². The summed E-state index contributed by atoms with van der Waals surface area (Å²) in [5.41, 5.74) is -0.943. The van der Waals surface area contributed by atoms with Crippen LogP contribution in [0.15, 0.2) is 0 Å². The van der Waals surface area contributed by atoms with Crippen molar-refractivity contribution >= 4 is 11.6 Å². The Labute approximate surface area is 42.9 Å². The van der Waals surface area contributed by atoms with E-state index >= 15 is 0 Å². The Balaban J connectivity index is 3.17. The summed E-state index contributed by atoms with van der Waals surface area (Å²) >= 11 is 5.17. The van der Waals surface area contributed by atoms with E-state index in [-0.39, 0.29) is 5.88 Å². The molecule has 0 saturated carbocycles. The van der Waals surface area contributed by atoms with Crippen LogP contribution in [0.1, 0.15) is 13.8 Å².